The third-order valence-corrected chi connectivity index (χ3v) is 9.74. The molecule has 2 amide bonds. The van der Waals surface area contributed by atoms with Crippen LogP contribution in [-0.4, -0.2) is 79.3 Å². The number of hydrogen-bond donors (Lipinski definition) is 1. The van der Waals surface area contributed by atoms with Gasteiger partial charge >= 0.3 is 0 Å². The van der Waals surface area contributed by atoms with Crippen LogP contribution in [0, 0.1) is 0 Å². The second-order valence-corrected chi connectivity index (χ2v) is 12.3. The molecule has 0 spiro atoms. The third-order valence-electron chi connectivity index (χ3n) is 8.23. The Bertz CT molecular complexity index is 1470. The minimum absolute atomic E-state index is 0.193. The maximum Gasteiger partial charge on any atom is 0.255 e. The first-order valence-electron chi connectivity index (χ1n) is 13.6. The summed E-state index contributed by atoms with van der Waals surface area (Å²) in [7, 11) is 0.784. The summed E-state index contributed by atoms with van der Waals surface area (Å²) in [5, 5.41) is 3.76. The number of fused-ring (bicyclic) bond motifs is 2. The van der Waals surface area contributed by atoms with E-state index in [1.165, 1.54) is 18.4 Å². The van der Waals surface area contributed by atoms with Crippen molar-refractivity contribution in [1.29, 1.82) is 0 Å². The maximum atomic E-state index is 13.3. The molecule has 1 aromatic carbocycles. The molecule has 0 radical (unpaired) electrons. The van der Waals surface area contributed by atoms with E-state index in [0.29, 0.717) is 23.6 Å². The molecule has 0 saturated carbocycles. The lowest BCUT2D eigenvalue weighted by atomic mass is 10.0. The van der Waals surface area contributed by atoms with Crippen LogP contribution < -0.4 is 5.32 Å². The Morgan fingerprint density at radius 3 is 2.72 bits per heavy atom. The zero-order chi connectivity index (χ0) is 27.1. The van der Waals surface area contributed by atoms with Gasteiger partial charge in [0.15, 0.2) is 0 Å². The quantitative estimate of drug-likeness (QED) is 0.413. The smallest absolute Gasteiger partial charge is 0.255 e. The van der Waals surface area contributed by atoms with E-state index in [1.807, 2.05) is 18.2 Å². The zero-order valence-electron chi connectivity index (χ0n) is 22.1. The Balaban J connectivity index is 1.36. The molecule has 0 bridgehead atoms. The highest BCUT2D eigenvalue weighted by Gasteiger charge is 2.36. The number of likely N-dealkylation sites (N-methyl/N-ethyl adjacent to an activating group) is 1. The standard InChI is InChI=1S/C29H33N5O4S/c1-30-28(36)26(5-4-12-35)34-16-20-13-19(6-7-24(20)29(34)37)25-14-21(15-32-9-2-3-10-32)23-8-11-33(27(23)31-25)22-17-39(38)18-22/h6-8,11-14,22,26H,2-5,9-10,15-18H2,1H3,(H,30,36). The van der Waals surface area contributed by atoms with E-state index < -0.39 is 16.8 Å². The fraction of sp³-hybridized carbons (Fsp3) is 0.448. The molecule has 0 aliphatic carbocycles. The van der Waals surface area contributed by atoms with Gasteiger partial charge in [0.05, 0.1) is 11.7 Å². The Labute approximate surface area is 230 Å². The van der Waals surface area contributed by atoms with E-state index in [9.17, 15) is 18.6 Å². The topological polar surface area (TPSA) is 105 Å². The highest BCUT2D eigenvalue weighted by Crippen LogP contribution is 2.34. The molecule has 3 aliphatic rings. The van der Waals surface area contributed by atoms with Crippen molar-refractivity contribution in [3.8, 4) is 11.3 Å². The molecule has 204 valence electrons. The van der Waals surface area contributed by atoms with Crippen LogP contribution in [0.25, 0.3) is 22.3 Å². The lowest BCUT2D eigenvalue weighted by molar-refractivity contribution is -0.125. The largest absolute Gasteiger partial charge is 0.357 e. The number of benzene rings is 1. The first-order chi connectivity index (χ1) is 19.0. The molecule has 2 saturated heterocycles. The van der Waals surface area contributed by atoms with E-state index in [-0.39, 0.29) is 30.7 Å². The second kappa shape index (κ2) is 10.7. The number of nitrogens with one attached hydrogen (secondary N) is 1. The van der Waals surface area contributed by atoms with Gasteiger partial charge in [0.2, 0.25) is 5.91 Å². The van der Waals surface area contributed by atoms with Crippen molar-refractivity contribution in [2.24, 2.45) is 0 Å². The summed E-state index contributed by atoms with van der Waals surface area (Å²) in [6.45, 7) is 3.35. The number of rotatable bonds is 9. The normalized spacial score (nSPS) is 21.7. The van der Waals surface area contributed by atoms with E-state index >= 15 is 0 Å². The van der Waals surface area contributed by atoms with Gasteiger partial charge < -0.3 is 19.6 Å². The molecule has 5 heterocycles. The summed E-state index contributed by atoms with van der Waals surface area (Å²) >= 11 is 0. The van der Waals surface area contributed by atoms with Crippen LogP contribution in [0.3, 0.4) is 0 Å². The molecule has 1 unspecified atom stereocenters. The number of aldehydes is 1. The van der Waals surface area contributed by atoms with Crippen LogP contribution in [0.4, 0.5) is 0 Å². The zero-order valence-corrected chi connectivity index (χ0v) is 22.9. The number of carbonyl (C=O) groups is 3. The Morgan fingerprint density at radius 1 is 1.21 bits per heavy atom. The van der Waals surface area contributed by atoms with Crippen molar-refractivity contribution >= 4 is 39.9 Å². The van der Waals surface area contributed by atoms with Crippen LogP contribution in [0.1, 0.15) is 53.2 Å². The predicted molar refractivity (Wildman–Crippen MR) is 150 cm³/mol. The molecule has 6 rings (SSSR count). The number of likely N-dealkylation sites (tertiary alicyclic amines) is 1. The number of amides is 2. The fourth-order valence-corrected chi connectivity index (χ4v) is 7.15. The number of carbonyl (C=O) groups excluding carboxylic acids is 3. The SMILES string of the molecule is CNC(=O)C(CCC=O)N1Cc2cc(-c3cc(CN4CCCC4)c4ccn(C5CS(=O)C5)c4n3)ccc2C1=O. The molecular weight excluding hydrogens is 514 g/mol. The Morgan fingerprint density at radius 2 is 2.00 bits per heavy atom. The van der Waals surface area contributed by atoms with Crippen LogP contribution in [-0.2, 0) is 33.5 Å². The molecule has 2 aromatic heterocycles. The van der Waals surface area contributed by atoms with Crippen molar-refractivity contribution in [2.45, 2.75) is 50.9 Å². The molecule has 9 nitrogen and oxygen atoms in total. The van der Waals surface area contributed by atoms with Crippen molar-refractivity contribution in [3.05, 3.63) is 53.2 Å². The van der Waals surface area contributed by atoms with Gasteiger partial charge in [0.25, 0.3) is 5.91 Å². The van der Waals surface area contributed by atoms with Crippen LogP contribution in [0.2, 0.25) is 0 Å². The van der Waals surface area contributed by atoms with Crippen LogP contribution in [0.15, 0.2) is 36.5 Å². The van der Waals surface area contributed by atoms with E-state index in [0.717, 1.165) is 53.8 Å². The van der Waals surface area contributed by atoms with Crippen molar-refractivity contribution in [3.63, 3.8) is 0 Å². The van der Waals surface area contributed by atoms with Crippen LogP contribution in [0.5, 0.6) is 0 Å². The average molecular weight is 548 g/mol. The van der Waals surface area contributed by atoms with Gasteiger partial charge in [-0.1, -0.05) is 6.07 Å². The minimum Gasteiger partial charge on any atom is -0.357 e. The number of hydrogen-bond acceptors (Lipinski definition) is 6. The van der Waals surface area contributed by atoms with Gasteiger partial charge in [0, 0.05) is 71.6 Å². The first-order valence-corrected chi connectivity index (χ1v) is 15.1. The molecule has 3 aliphatic heterocycles. The van der Waals surface area contributed by atoms with E-state index in [4.69, 9.17) is 4.98 Å². The summed E-state index contributed by atoms with van der Waals surface area (Å²) in [5.41, 5.74) is 5.33. The highest BCUT2D eigenvalue weighted by molar-refractivity contribution is 7.86. The summed E-state index contributed by atoms with van der Waals surface area (Å²) in [6.07, 6.45) is 5.79. The lowest BCUT2D eigenvalue weighted by Gasteiger charge is -2.27. The molecule has 2 fully saturated rings. The molecular formula is C29H33N5O4S. The number of nitrogens with zero attached hydrogens (tertiary/aromatic N) is 4. The van der Waals surface area contributed by atoms with Crippen LogP contribution >= 0.6 is 0 Å². The summed E-state index contributed by atoms with van der Waals surface area (Å²) in [5.74, 6) is 0.852. The van der Waals surface area contributed by atoms with E-state index in [1.54, 1.807) is 11.9 Å². The van der Waals surface area contributed by atoms with Crippen molar-refractivity contribution in [2.75, 3.05) is 31.6 Å². The van der Waals surface area contributed by atoms with Crippen molar-refractivity contribution < 1.29 is 18.6 Å². The summed E-state index contributed by atoms with van der Waals surface area (Å²) < 4.78 is 14.0. The first kappa shape index (κ1) is 25.9. The Kier molecular flexibility index (Phi) is 7.07. The van der Waals surface area contributed by atoms with Crippen molar-refractivity contribution in [1.82, 2.24) is 24.7 Å². The van der Waals surface area contributed by atoms with Gasteiger partial charge in [-0.2, -0.15) is 0 Å². The number of pyridine rings is 1. The predicted octanol–water partition coefficient (Wildman–Crippen LogP) is 2.65. The van der Waals surface area contributed by atoms with Gasteiger partial charge in [-0.15, -0.1) is 0 Å². The third kappa shape index (κ3) is 4.80. The average Bonchev–Trinajstić information content (AvgIpc) is 3.66. The van der Waals surface area contributed by atoms with E-state index in [2.05, 4.69) is 33.1 Å². The molecule has 1 N–H and O–H groups in total. The molecule has 10 heteroatoms. The fourth-order valence-electron chi connectivity index (χ4n) is 6.07. The van der Waals surface area contributed by atoms with Gasteiger partial charge in [0.1, 0.15) is 18.0 Å². The highest BCUT2D eigenvalue weighted by atomic mass is 32.2. The monoisotopic (exact) mass is 547 g/mol. The second-order valence-electron chi connectivity index (χ2n) is 10.7. The molecule has 1 atom stereocenters. The van der Waals surface area contributed by atoms with Gasteiger partial charge in [-0.25, -0.2) is 4.98 Å². The number of aromatic nitrogens is 2. The maximum absolute atomic E-state index is 13.3. The minimum atomic E-state index is -0.759. The Hall–Kier alpha value is -3.37. The molecule has 39 heavy (non-hydrogen) atoms. The van der Waals surface area contributed by atoms with Gasteiger partial charge in [-0.3, -0.25) is 18.7 Å². The lowest BCUT2D eigenvalue weighted by Crippen LogP contribution is -2.46. The van der Waals surface area contributed by atoms with Gasteiger partial charge in [-0.05, 0) is 67.7 Å². The summed E-state index contributed by atoms with van der Waals surface area (Å²) in [6, 6.07) is 9.57. The molecule has 3 aromatic rings. The summed E-state index contributed by atoms with van der Waals surface area (Å²) in [4.78, 5) is 45.9.